The van der Waals surface area contributed by atoms with Crippen LogP contribution in [-0.4, -0.2) is 53.7 Å². The number of rotatable bonds is 2. The summed E-state index contributed by atoms with van der Waals surface area (Å²) in [5.41, 5.74) is 4.77. The van der Waals surface area contributed by atoms with Crippen LogP contribution in [0.15, 0.2) is 0 Å². The van der Waals surface area contributed by atoms with Crippen LogP contribution in [0.2, 0.25) is 0 Å². The lowest BCUT2D eigenvalue weighted by atomic mass is 10.3. The number of hydrogen-bond donors (Lipinski definition) is 5. The molecule has 0 aromatic carbocycles. The second-order valence-electron chi connectivity index (χ2n) is 2.64. The molecule has 1 aliphatic heterocycles. The van der Waals surface area contributed by atoms with Gasteiger partial charge < -0.3 is 26.6 Å². The Labute approximate surface area is 85.4 Å². The Hall–Kier alpha value is -1.67. The van der Waals surface area contributed by atoms with Crippen molar-refractivity contribution in [2.45, 2.75) is 6.04 Å². The van der Waals surface area contributed by atoms with Crippen molar-refractivity contribution < 1.29 is 24.6 Å². The second-order valence-corrected chi connectivity index (χ2v) is 2.64. The van der Waals surface area contributed by atoms with Crippen LogP contribution in [0.5, 0.6) is 0 Å². The third-order valence-electron chi connectivity index (χ3n) is 1.42. The van der Waals surface area contributed by atoms with E-state index < -0.39 is 30.4 Å². The molecular formula is C7H13N3O5. The molecule has 1 atom stereocenters. The summed E-state index contributed by atoms with van der Waals surface area (Å²) < 4.78 is 0. The average Bonchev–Trinajstić information content (AvgIpc) is 2.22. The van der Waals surface area contributed by atoms with E-state index in [0.717, 1.165) is 0 Å². The highest BCUT2D eigenvalue weighted by atomic mass is 16.4. The number of nitrogens with two attached hydrogens (primary N) is 1. The van der Waals surface area contributed by atoms with Crippen molar-refractivity contribution in [2.24, 2.45) is 5.73 Å². The van der Waals surface area contributed by atoms with Crippen LogP contribution >= 0.6 is 0 Å². The lowest BCUT2D eigenvalue weighted by Crippen LogP contribution is -2.49. The van der Waals surface area contributed by atoms with Gasteiger partial charge in [0.15, 0.2) is 0 Å². The van der Waals surface area contributed by atoms with E-state index in [1.54, 1.807) is 0 Å². The van der Waals surface area contributed by atoms with Gasteiger partial charge in [0.05, 0.1) is 6.61 Å². The average molecular weight is 219 g/mol. The fourth-order valence-electron chi connectivity index (χ4n) is 0.591. The molecule has 0 saturated carbocycles. The zero-order valence-electron chi connectivity index (χ0n) is 7.90. The first-order valence-corrected chi connectivity index (χ1v) is 4.14. The summed E-state index contributed by atoms with van der Waals surface area (Å²) in [6, 6.07) is -1.13. The van der Waals surface area contributed by atoms with Crippen LogP contribution in [0.1, 0.15) is 0 Å². The number of aliphatic carboxylic acids is 1. The van der Waals surface area contributed by atoms with Gasteiger partial charge in [0.2, 0.25) is 0 Å². The molecule has 1 fully saturated rings. The molecule has 0 bridgehead atoms. The van der Waals surface area contributed by atoms with Gasteiger partial charge in [-0.15, -0.1) is 0 Å². The van der Waals surface area contributed by atoms with E-state index in [0.29, 0.717) is 13.1 Å². The van der Waals surface area contributed by atoms with E-state index in [2.05, 4.69) is 10.6 Å². The van der Waals surface area contributed by atoms with Crippen molar-refractivity contribution in [3.05, 3.63) is 0 Å². The second kappa shape index (κ2) is 6.74. The van der Waals surface area contributed by atoms with Crippen LogP contribution < -0.4 is 16.4 Å². The quantitative estimate of drug-likeness (QED) is 0.307. The smallest absolute Gasteiger partial charge is 0.322 e. The summed E-state index contributed by atoms with van der Waals surface area (Å²) >= 11 is 0. The van der Waals surface area contributed by atoms with Gasteiger partial charge in [-0.05, 0) is 0 Å². The number of piperazine rings is 1. The Bertz CT molecular complexity index is 239. The largest absolute Gasteiger partial charge is 0.480 e. The molecule has 8 nitrogen and oxygen atoms in total. The molecule has 0 spiro atoms. The number of carbonyl (C=O) groups excluding carboxylic acids is 2. The number of carbonyl (C=O) groups is 3. The molecule has 0 aromatic rings. The van der Waals surface area contributed by atoms with E-state index in [4.69, 9.17) is 15.9 Å². The van der Waals surface area contributed by atoms with E-state index in [1.165, 1.54) is 0 Å². The Morgan fingerprint density at radius 1 is 1.33 bits per heavy atom. The summed E-state index contributed by atoms with van der Waals surface area (Å²) in [5.74, 6) is -2.24. The van der Waals surface area contributed by atoms with E-state index in [1.807, 2.05) is 0 Å². The SMILES string of the molecule is N[C@@H](CO)C(=O)O.O=C1NCCNC1=O. The highest BCUT2D eigenvalue weighted by Crippen LogP contribution is 1.73. The van der Waals surface area contributed by atoms with Crippen molar-refractivity contribution in [3.63, 3.8) is 0 Å². The topological polar surface area (TPSA) is 142 Å². The number of aliphatic hydroxyl groups excluding tert-OH is 1. The molecule has 0 radical (unpaired) electrons. The molecule has 0 aliphatic carbocycles. The van der Waals surface area contributed by atoms with Crippen molar-refractivity contribution in [1.82, 2.24) is 10.6 Å². The Balaban J connectivity index is 0.000000265. The van der Waals surface area contributed by atoms with Gasteiger partial charge in [0.25, 0.3) is 0 Å². The van der Waals surface area contributed by atoms with Gasteiger partial charge in [-0.3, -0.25) is 14.4 Å². The molecule has 8 heteroatoms. The molecule has 6 N–H and O–H groups in total. The minimum atomic E-state index is -1.18. The van der Waals surface area contributed by atoms with Gasteiger partial charge >= 0.3 is 17.8 Å². The zero-order valence-corrected chi connectivity index (χ0v) is 7.90. The highest BCUT2D eigenvalue weighted by molar-refractivity contribution is 6.35. The van der Waals surface area contributed by atoms with Gasteiger partial charge in [0.1, 0.15) is 6.04 Å². The fraction of sp³-hybridized carbons (Fsp3) is 0.571. The van der Waals surface area contributed by atoms with Gasteiger partial charge in [-0.25, -0.2) is 0 Å². The first kappa shape index (κ1) is 13.3. The molecule has 15 heavy (non-hydrogen) atoms. The number of amides is 2. The Morgan fingerprint density at radius 2 is 1.73 bits per heavy atom. The van der Waals surface area contributed by atoms with Crippen LogP contribution in [0, 0.1) is 0 Å². The zero-order chi connectivity index (χ0) is 11.8. The van der Waals surface area contributed by atoms with Crippen molar-refractivity contribution >= 4 is 17.8 Å². The Kier molecular flexibility index (Phi) is 5.99. The predicted octanol–water partition coefficient (Wildman–Crippen LogP) is -3.38. The predicted molar refractivity (Wildman–Crippen MR) is 48.7 cm³/mol. The maximum absolute atomic E-state index is 10.3. The first-order chi connectivity index (χ1) is 6.99. The molecule has 1 saturated heterocycles. The number of aliphatic hydroxyl groups is 1. The highest BCUT2D eigenvalue weighted by Gasteiger charge is 2.15. The van der Waals surface area contributed by atoms with Gasteiger partial charge in [-0.1, -0.05) is 0 Å². The molecule has 2 amide bonds. The number of hydrogen-bond acceptors (Lipinski definition) is 5. The summed E-state index contributed by atoms with van der Waals surface area (Å²) in [4.78, 5) is 30.2. The maximum Gasteiger partial charge on any atom is 0.322 e. The fourth-order valence-corrected chi connectivity index (χ4v) is 0.591. The van der Waals surface area contributed by atoms with Crippen molar-refractivity contribution in [2.75, 3.05) is 19.7 Å². The molecule has 0 aromatic heterocycles. The van der Waals surface area contributed by atoms with Crippen LogP contribution in [-0.2, 0) is 14.4 Å². The number of nitrogens with one attached hydrogen (secondary N) is 2. The molecular weight excluding hydrogens is 206 g/mol. The summed E-state index contributed by atoms with van der Waals surface area (Å²) in [7, 11) is 0. The monoisotopic (exact) mass is 219 g/mol. The van der Waals surface area contributed by atoms with E-state index in [-0.39, 0.29) is 0 Å². The summed E-state index contributed by atoms with van der Waals surface area (Å²) in [5, 5.41) is 20.7. The number of carboxylic acids is 1. The molecule has 86 valence electrons. The third kappa shape index (κ3) is 5.60. The number of carboxylic acid groups (broad SMARTS) is 1. The minimum Gasteiger partial charge on any atom is -0.480 e. The van der Waals surface area contributed by atoms with Gasteiger partial charge in [0, 0.05) is 13.1 Å². The van der Waals surface area contributed by atoms with Crippen LogP contribution in [0.25, 0.3) is 0 Å². The van der Waals surface area contributed by atoms with Crippen LogP contribution in [0.3, 0.4) is 0 Å². The normalized spacial score (nSPS) is 16.7. The molecule has 1 heterocycles. The van der Waals surface area contributed by atoms with Crippen LogP contribution in [0.4, 0.5) is 0 Å². The van der Waals surface area contributed by atoms with Gasteiger partial charge in [-0.2, -0.15) is 0 Å². The van der Waals surface area contributed by atoms with Crippen molar-refractivity contribution in [1.29, 1.82) is 0 Å². The first-order valence-electron chi connectivity index (χ1n) is 4.14. The lowest BCUT2D eigenvalue weighted by Gasteiger charge is -2.10. The lowest BCUT2D eigenvalue weighted by molar-refractivity contribution is -0.140. The maximum atomic E-state index is 10.3. The van der Waals surface area contributed by atoms with E-state index in [9.17, 15) is 14.4 Å². The standard InChI is InChI=1S/C4H6N2O2.C3H7NO3/c7-3-4(8)6-2-1-5-3;4-2(1-5)3(6)7/h1-2H2,(H,5,7)(H,6,8);2,5H,1,4H2,(H,6,7)/t;2-/m.0/s1. The third-order valence-corrected chi connectivity index (χ3v) is 1.42. The molecule has 1 aliphatic rings. The summed E-state index contributed by atoms with van der Waals surface area (Å²) in [6.45, 7) is 0.588. The molecule has 0 unspecified atom stereocenters. The Morgan fingerprint density at radius 3 is 1.87 bits per heavy atom. The van der Waals surface area contributed by atoms with Crippen molar-refractivity contribution in [3.8, 4) is 0 Å². The van der Waals surface area contributed by atoms with E-state index >= 15 is 0 Å². The molecule has 1 rings (SSSR count). The minimum absolute atomic E-state index is 0.505. The summed E-state index contributed by atoms with van der Waals surface area (Å²) in [6.07, 6.45) is 0.